The fourth-order valence-electron chi connectivity index (χ4n) is 5.06. The summed E-state index contributed by atoms with van der Waals surface area (Å²) in [6, 6.07) is 34.2. The molecular formula is C33H21N5. The van der Waals surface area contributed by atoms with Crippen molar-refractivity contribution in [2.45, 2.75) is 0 Å². The van der Waals surface area contributed by atoms with Crippen LogP contribution in [0.5, 0.6) is 0 Å². The van der Waals surface area contributed by atoms with Gasteiger partial charge in [-0.1, -0.05) is 91.0 Å². The van der Waals surface area contributed by atoms with E-state index in [9.17, 15) is 0 Å². The van der Waals surface area contributed by atoms with Gasteiger partial charge in [-0.2, -0.15) is 0 Å². The van der Waals surface area contributed by atoms with Crippen LogP contribution in [0.25, 0.3) is 61.8 Å². The number of fused-ring (bicyclic) bond motifs is 4. The average molecular weight is 488 g/mol. The van der Waals surface area contributed by atoms with Crippen molar-refractivity contribution in [2.24, 2.45) is 0 Å². The third-order valence-corrected chi connectivity index (χ3v) is 6.93. The average Bonchev–Trinajstić information content (AvgIpc) is 2.98. The second-order valence-electron chi connectivity index (χ2n) is 9.24. The molecule has 0 radical (unpaired) electrons. The number of hydrogen-bond acceptors (Lipinski definition) is 5. The van der Waals surface area contributed by atoms with Crippen LogP contribution in [0.4, 0.5) is 0 Å². The van der Waals surface area contributed by atoms with Crippen LogP contribution in [-0.2, 0) is 0 Å². The molecule has 178 valence electrons. The van der Waals surface area contributed by atoms with Gasteiger partial charge in [0.05, 0.1) is 33.8 Å². The van der Waals surface area contributed by atoms with Crippen LogP contribution < -0.4 is 0 Å². The Hall–Kier alpha value is -5.29. The van der Waals surface area contributed by atoms with Gasteiger partial charge in [-0.25, -0.2) is 15.0 Å². The molecule has 7 rings (SSSR count). The van der Waals surface area contributed by atoms with Crippen molar-refractivity contribution in [1.82, 2.24) is 15.0 Å². The number of nitrogens with one attached hydrogen (secondary N) is 2. The minimum atomic E-state index is 0.208. The zero-order valence-corrected chi connectivity index (χ0v) is 20.3. The van der Waals surface area contributed by atoms with E-state index in [2.05, 4.69) is 30.3 Å². The highest BCUT2D eigenvalue weighted by molar-refractivity contribution is 6.54. The summed E-state index contributed by atoms with van der Waals surface area (Å²) in [7, 11) is 0. The molecule has 6 aromatic rings. The monoisotopic (exact) mass is 487 g/mol. The summed E-state index contributed by atoms with van der Waals surface area (Å²) >= 11 is 0. The van der Waals surface area contributed by atoms with E-state index in [1.54, 1.807) is 6.08 Å². The van der Waals surface area contributed by atoms with Gasteiger partial charge in [0.15, 0.2) is 5.82 Å². The van der Waals surface area contributed by atoms with Gasteiger partial charge < -0.3 is 0 Å². The molecule has 2 N–H and O–H groups in total. The first-order chi connectivity index (χ1) is 18.7. The maximum atomic E-state index is 8.61. The van der Waals surface area contributed by atoms with Crippen LogP contribution in [0.1, 0.15) is 11.1 Å². The summed E-state index contributed by atoms with van der Waals surface area (Å²) in [4.78, 5) is 14.8. The third kappa shape index (κ3) is 3.52. The van der Waals surface area contributed by atoms with Crippen molar-refractivity contribution in [3.63, 3.8) is 0 Å². The van der Waals surface area contributed by atoms with Gasteiger partial charge in [-0.15, -0.1) is 0 Å². The number of pyridine rings is 1. The zero-order chi connectivity index (χ0) is 25.6. The molecule has 0 atom stereocenters. The first-order valence-electron chi connectivity index (χ1n) is 12.4. The summed E-state index contributed by atoms with van der Waals surface area (Å²) in [6.07, 6.45) is 3.58. The van der Waals surface area contributed by atoms with E-state index in [0.717, 1.165) is 61.0 Å². The van der Waals surface area contributed by atoms with Crippen LogP contribution in [-0.4, -0.2) is 26.4 Å². The van der Waals surface area contributed by atoms with Crippen molar-refractivity contribution in [3.8, 4) is 33.9 Å². The van der Waals surface area contributed by atoms with Crippen molar-refractivity contribution in [2.75, 3.05) is 0 Å². The molecule has 0 unspecified atom stereocenters. The minimum absolute atomic E-state index is 0.208. The lowest BCUT2D eigenvalue weighted by atomic mass is 9.88. The summed E-state index contributed by atoms with van der Waals surface area (Å²) in [5, 5.41) is 18.7. The van der Waals surface area contributed by atoms with Crippen molar-refractivity contribution in [3.05, 3.63) is 120 Å². The molecule has 5 heteroatoms. The highest BCUT2D eigenvalue weighted by Crippen LogP contribution is 2.35. The van der Waals surface area contributed by atoms with Crippen LogP contribution in [0.2, 0.25) is 0 Å². The standard InChI is InChI=1S/C33H21N5/c34-26-19-18-25-29(30(26)35)23-10-4-6-12-27(23)36-32(25)21-16-14-20(15-17-21)31-24-11-5-7-13-28(24)37-33(38-31)22-8-2-1-3-9-22/h1-19,34-35H. The number of benzene rings is 4. The molecular weight excluding hydrogens is 466 g/mol. The minimum Gasteiger partial charge on any atom is -0.299 e. The molecule has 2 aromatic heterocycles. The molecule has 1 aliphatic carbocycles. The normalized spacial score (nSPS) is 12.7. The highest BCUT2D eigenvalue weighted by Gasteiger charge is 2.22. The Morgan fingerprint density at radius 2 is 1.08 bits per heavy atom. The molecule has 0 aliphatic heterocycles. The predicted molar refractivity (Wildman–Crippen MR) is 155 cm³/mol. The van der Waals surface area contributed by atoms with Crippen molar-refractivity contribution >= 4 is 39.3 Å². The lowest BCUT2D eigenvalue weighted by Crippen LogP contribution is -2.17. The topological polar surface area (TPSA) is 86.4 Å². The van der Waals surface area contributed by atoms with Gasteiger partial charge >= 0.3 is 0 Å². The molecule has 0 saturated heterocycles. The van der Waals surface area contributed by atoms with Gasteiger partial charge in [-0.05, 0) is 24.3 Å². The molecule has 5 nitrogen and oxygen atoms in total. The number of allylic oxidation sites excluding steroid dienone is 1. The number of hydrogen-bond donors (Lipinski definition) is 2. The smallest absolute Gasteiger partial charge is 0.160 e. The van der Waals surface area contributed by atoms with Crippen LogP contribution >= 0.6 is 0 Å². The Morgan fingerprint density at radius 1 is 0.474 bits per heavy atom. The van der Waals surface area contributed by atoms with E-state index in [1.165, 1.54) is 0 Å². The molecule has 0 saturated carbocycles. The van der Waals surface area contributed by atoms with E-state index in [-0.39, 0.29) is 11.4 Å². The largest absolute Gasteiger partial charge is 0.299 e. The van der Waals surface area contributed by atoms with Crippen LogP contribution in [0.3, 0.4) is 0 Å². The molecule has 2 heterocycles. The number of nitrogens with zero attached hydrogens (tertiary/aromatic N) is 3. The van der Waals surface area contributed by atoms with Crippen molar-refractivity contribution < 1.29 is 0 Å². The van der Waals surface area contributed by atoms with E-state index in [4.69, 9.17) is 25.8 Å². The Labute approximate surface area is 219 Å². The van der Waals surface area contributed by atoms with Gasteiger partial charge in [0.25, 0.3) is 0 Å². The van der Waals surface area contributed by atoms with E-state index in [1.807, 2.05) is 78.9 Å². The Bertz CT molecular complexity index is 1940. The lowest BCUT2D eigenvalue weighted by molar-refractivity contribution is 1.23. The van der Waals surface area contributed by atoms with Gasteiger partial charge in [0.2, 0.25) is 0 Å². The summed E-state index contributed by atoms with van der Waals surface area (Å²) in [5.74, 6) is 0.694. The number of para-hydroxylation sites is 2. The Morgan fingerprint density at radius 3 is 1.82 bits per heavy atom. The summed E-state index contributed by atoms with van der Waals surface area (Å²) < 4.78 is 0. The predicted octanol–water partition coefficient (Wildman–Crippen LogP) is 7.59. The second-order valence-corrected chi connectivity index (χ2v) is 9.24. The Kier molecular flexibility index (Phi) is 5.01. The first kappa shape index (κ1) is 21.9. The fraction of sp³-hybridized carbons (Fsp3) is 0. The zero-order valence-electron chi connectivity index (χ0n) is 20.3. The quantitative estimate of drug-likeness (QED) is 0.270. The van der Waals surface area contributed by atoms with Gasteiger partial charge in [0.1, 0.15) is 0 Å². The molecule has 38 heavy (non-hydrogen) atoms. The van der Waals surface area contributed by atoms with Crippen LogP contribution in [0, 0.1) is 10.8 Å². The molecule has 4 aromatic carbocycles. The maximum absolute atomic E-state index is 8.61. The SMILES string of the molecule is N=C1C=Cc2c(-c3ccc(-c4nc(-c5ccccc5)nc5ccccc45)cc3)nc3ccccc3c2C1=N. The number of rotatable bonds is 3. The highest BCUT2D eigenvalue weighted by atomic mass is 14.9. The summed E-state index contributed by atoms with van der Waals surface area (Å²) in [6.45, 7) is 0. The lowest BCUT2D eigenvalue weighted by Gasteiger charge is -2.19. The van der Waals surface area contributed by atoms with Crippen molar-refractivity contribution in [1.29, 1.82) is 10.8 Å². The molecule has 0 spiro atoms. The summed E-state index contributed by atoms with van der Waals surface area (Å²) in [5.41, 5.74) is 8.37. The number of aromatic nitrogens is 3. The van der Waals surface area contributed by atoms with Gasteiger partial charge in [0, 0.05) is 38.6 Å². The molecule has 0 fully saturated rings. The van der Waals surface area contributed by atoms with E-state index >= 15 is 0 Å². The van der Waals surface area contributed by atoms with Gasteiger partial charge in [-0.3, -0.25) is 10.8 Å². The van der Waals surface area contributed by atoms with E-state index in [0.29, 0.717) is 5.82 Å². The molecule has 1 aliphatic rings. The molecule has 0 bridgehead atoms. The molecule has 0 amide bonds. The van der Waals surface area contributed by atoms with Crippen LogP contribution in [0.15, 0.2) is 109 Å². The Balaban J connectivity index is 1.39. The maximum Gasteiger partial charge on any atom is 0.160 e. The fourth-order valence-corrected chi connectivity index (χ4v) is 5.06. The van der Waals surface area contributed by atoms with E-state index < -0.39 is 0 Å². The second kappa shape index (κ2) is 8.68. The first-order valence-corrected chi connectivity index (χ1v) is 12.4. The third-order valence-electron chi connectivity index (χ3n) is 6.93.